The molecule has 0 radical (unpaired) electrons. The lowest BCUT2D eigenvalue weighted by Crippen LogP contribution is -2.51. The van der Waals surface area contributed by atoms with Gasteiger partial charge in [0.15, 0.2) is 0 Å². The fourth-order valence-corrected chi connectivity index (χ4v) is 2.47. The van der Waals surface area contributed by atoms with Gasteiger partial charge in [-0.2, -0.15) is 0 Å². The first-order valence-corrected chi connectivity index (χ1v) is 6.59. The molecule has 0 aliphatic carbocycles. The number of halogens is 1. The fourth-order valence-electron chi connectivity index (χ4n) is 2.20. The van der Waals surface area contributed by atoms with Gasteiger partial charge in [0.05, 0.1) is 5.54 Å². The summed E-state index contributed by atoms with van der Waals surface area (Å²) in [5.74, 6) is 0.183. The van der Waals surface area contributed by atoms with Crippen LogP contribution in [0.15, 0.2) is 28.7 Å². The summed E-state index contributed by atoms with van der Waals surface area (Å²) in [6, 6.07) is 7.90. The van der Waals surface area contributed by atoms with E-state index >= 15 is 0 Å². The molecule has 0 atom stereocenters. The van der Waals surface area contributed by atoms with Crippen LogP contribution in [-0.4, -0.2) is 24.5 Å². The van der Waals surface area contributed by atoms with Crippen LogP contribution < -0.4 is 10.2 Å². The second-order valence-electron chi connectivity index (χ2n) is 4.94. The summed E-state index contributed by atoms with van der Waals surface area (Å²) in [4.78, 5) is 14.1. The van der Waals surface area contributed by atoms with Crippen LogP contribution in [0.4, 0.5) is 5.69 Å². The molecule has 17 heavy (non-hydrogen) atoms. The highest BCUT2D eigenvalue weighted by atomic mass is 79.9. The Morgan fingerprint density at radius 2 is 1.94 bits per heavy atom. The number of carbonyl (C=O) groups excluding carboxylic acids is 1. The monoisotopic (exact) mass is 296 g/mol. The second-order valence-corrected chi connectivity index (χ2v) is 5.86. The van der Waals surface area contributed by atoms with E-state index in [4.69, 9.17) is 0 Å². The maximum absolute atomic E-state index is 12.2. The maximum atomic E-state index is 12.2. The topological polar surface area (TPSA) is 32.3 Å². The number of benzene rings is 1. The van der Waals surface area contributed by atoms with Crippen molar-refractivity contribution >= 4 is 27.5 Å². The van der Waals surface area contributed by atoms with Crippen LogP contribution in [0.5, 0.6) is 0 Å². The minimum absolute atomic E-state index is 0.183. The van der Waals surface area contributed by atoms with Crippen LogP contribution in [0, 0.1) is 0 Å². The Morgan fingerprint density at radius 1 is 1.29 bits per heavy atom. The van der Waals surface area contributed by atoms with Crippen molar-refractivity contribution in [1.29, 1.82) is 0 Å². The summed E-state index contributed by atoms with van der Waals surface area (Å²) >= 11 is 3.41. The molecule has 2 rings (SSSR count). The lowest BCUT2D eigenvalue weighted by atomic mass is 10.0. The molecule has 0 spiro atoms. The highest BCUT2D eigenvalue weighted by Crippen LogP contribution is 2.27. The van der Waals surface area contributed by atoms with Gasteiger partial charge in [-0.25, -0.2) is 0 Å². The Kier molecular flexibility index (Phi) is 3.54. The molecule has 1 N–H and O–H groups in total. The Bertz CT molecular complexity index is 414. The number of hydrogen-bond donors (Lipinski definition) is 1. The molecule has 0 saturated carbocycles. The molecule has 1 heterocycles. The van der Waals surface area contributed by atoms with E-state index < -0.39 is 0 Å². The van der Waals surface area contributed by atoms with Gasteiger partial charge in [0.25, 0.3) is 0 Å². The summed E-state index contributed by atoms with van der Waals surface area (Å²) in [7, 11) is 0. The van der Waals surface area contributed by atoms with Gasteiger partial charge in [-0.15, -0.1) is 0 Å². The smallest absolute Gasteiger partial charge is 0.228 e. The summed E-state index contributed by atoms with van der Waals surface area (Å²) in [5.41, 5.74) is 0.772. The molecule has 92 valence electrons. The van der Waals surface area contributed by atoms with E-state index in [0.29, 0.717) is 6.42 Å². The number of carbonyl (C=O) groups is 1. The zero-order valence-corrected chi connectivity index (χ0v) is 11.8. The zero-order chi connectivity index (χ0) is 12.5. The molecule has 0 aromatic heterocycles. The van der Waals surface area contributed by atoms with E-state index in [0.717, 1.165) is 23.2 Å². The van der Waals surface area contributed by atoms with Crippen LogP contribution in [0.2, 0.25) is 0 Å². The quantitative estimate of drug-likeness (QED) is 0.864. The zero-order valence-electron chi connectivity index (χ0n) is 10.2. The van der Waals surface area contributed by atoms with Gasteiger partial charge in [0.1, 0.15) is 0 Å². The number of nitrogens with zero attached hydrogens (tertiary/aromatic N) is 1. The molecule has 1 aliphatic rings. The van der Waals surface area contributed by atoms with Crippen molar-refractivity contribution in [3.8, 4) is 0 Å². The second kappa shape index (κ2) is 4.78. The van der Waals surface area contributed by atoms with Crippen LogP contribution in [0.3, 0.4) is 0 Å². The van der Waals surface area contributed by atoms with Gasteiger partial charge in [-0.3, -0.25) is 4.79 Å². The average Bonchev–Trinajstić information content (AvgIpc) is 2.39. The third kappa shape index (κ3) is 2.69. The van der Waals surface area contributed by atoms with Gasteiger partial charge in [0, 0.05) is 29.7 Å². The molecule has 1 aromatic rings. The van der Waals surface area contributed by atoms with Crippen molar-refractivity contribution in [3.05, 3.63) is 28.7 Å². The van der Waals surface area contributed by atoms with Gasteiger partial charge >= 0.3 is 0 Å². The van der Waals surface area contributed by atoms with Gasteiger partial charge in [-0.1, -0.05) is 15.9 Å². The lowest BCUT2D eigenvalue weighted by Gasteiger charge is -2.37. The van der Waals surface area contributed by atoms with Crippen LogP contribution >= 0.6 is 15.9 Å². The predicted octanol–water partition coefficient (Wildman–Crippen LogP) is 2.55. The molecule has 0 unspecified atom stereocenters. The standard InChI is InChI=1S/C13H17BrN2O/c1-13(2)9-15-8-7-12(17)16(13)11-5-3-10(14)4-6-11/h3-6,15H,7-9H2,1-2H3. The van der Waals surface area contributed by atoms with E-state index in [1.165, 1.54) is 0 Å². The minimum Gasteiger partial charge on any atom is -0.314 e. The van der Waals surface area contributed by atoms with E-state index in [1.54, 1.807) is 0 Å². The highest BCUT2D eigenvalue weighted by molar-refractivity contribution is 9.10. The van der Waals surface area contributed by atoms with Crippen LogP contribution in [0.25, 0.3) is 0 Å². The van der Waals surface area contributed by atoms with E-state index in [2.05, 4.69) is 35.1 Å². The van der Waals surface area contributed by atoms with E-state index in [-0.39, 0.29) is 11.4 Å². The molecular formula is C13H17BrN2O. The van der Waals surface area contributed by atoms with Crippen molar-refractivity contribution in [2.75, 3.05) is 18.0 Å². The molecule has 1 amide bonds. The summed E-state index contributed by atoms with van der Waals surface area (Å²) in [5, 5.41) is 3.31. The maximum Gasteiger partial charge on any atom is 0.228 e. The summed E-state index contributed by atoms with van der Waals surface area (Å²) in [6.07, 6.45) is 0.555. The van der Waals surface area contributed by atoms with E-state index in [1.807, 2.05) is 29.2 Å². The first kappa shape index (κ1) is 12.6. The summed E-state index contributed by atoms with van der Waals surface area (Å²) < 4.78 is 1.03. The molecule has 3 nitrogen and oxygen atoms in total. The molecular weight excluding hydrogens is 280 g/mol. The minimum atomic E-state index is -0.193. The molecule has 0 bridgehead atoms. The Morgan fingerprint density at radius 3 is 2.59 bits per heavy atom. The SMILES string of the molecule is CC1(C)CNCCC(=O)N1c1ccc(Br)cc1. The van der Waals surface area contributed by atoms with Crippen molar-refractivity contribution in [2.45, 2.75) is 25.8 Å². The highest BCUT2D eigenvalue weighted by Gasteiger charge is 2.33. The van der Waals surface area contributed by atoms with Crippen molar-refractivity contribution in [2.24, 2.45) is 0 Å². The van der Waals surface area contributed by atoms with E-state index in [9.17, 15) is 4.79 Å². The lowest BCUT2D eigenvalue weighted by molar-refractivity contribution is -0.119. The van der Waals surface area contributed by atoms with Gasteiger partial charge in [-0.05, 0) is 38.1 Å². The molecule has 4 heteroatoms. The van der Waals surface area contributed by atoms with Crippen molar-refractivity contribution in [3.63, 3.8) is 0 Å². The fraction of sp³-hybridized carbons (Fsp3) is 0.462. The Hall–Kier alpha value is -0.870. The molecule has 1 aliphatic heterocycles. The van der Waals surface area contributed by atoms with Gasteiger partial charge < -0.3 is 10.2 Å². The number of anilines is 1. The Balaban J connectivity index is 2.38. The van der Waals surface area contributed by atoms with Crippen molar-refractivity contribution in [1.82, 2.24) is 5.32 Å². The number of amides is 1. The van der Waals surface area contributed by atoms with Crippen molar-refractivity contribution < 1.29 is 4.79 Å². The third-order valence-corrected chi connectivity index (χ3v) is 3.54. The Labute approximate surface area is 110 Å². The first-order chi connectivity index (χ1) is 8.00. The average molecular weight is 297 g/mol. The molecule has 1 fully saturated rings. The number of hydrogen-bond acceptors (Lipinski definition) is 2. The molecule has 1 saturated heterocycles. The largest absolute Gasteiger partial charge is 0.314 e. The first-order valence-electron chi connectivity index (χ1n) is 5.80. The summed E-state index contributed by atoms with van der Waals surface area (Å²) in [6.45, 7) is 5.75. The number of rotatable bonds is 1. The normalized spacial score (nSPS) is 20.2. The number of nitrogens with one attached hydrogen (secondary N) is 1. The van der Waals surface area contributed by atoms with Crippen LogP contribution in [-0.2, 0) is 4.79 Å². The van der Waals surface area contributed by atoms with Gasteiger partial charge in [0.2, 0.25) is 5.91 Å². The third-order valence-electron chi connectivity index (χ3n) is 3.01. The van der Waals surface area contributed by atoms with Crippen LogP contribution in [0.1, 0.15) is 20.3 Å². The predicted molar refractivity (Wildman–Crippen MR) is 73.2 cm³/mol. The molecule has 1 aromatic carbocycles.